The van der Waals surface area contributed by atoms with Crippen molar-refractivity contribution in [3.8, 4) is 17.2 Å². The lowest BCUT2D eigenvalue weighted by Gasteiger charge is -2.29. The number of fused-ring (bicyclic) bond motifs is 2. The molecule has 6 rings (SSSR count). The number of ether oxygens (including phenoxy) is 3. The van der Waals surface area contributed by atoms with Crippen LogP contribution < -0.4 is 25.7 Å². The zero-order valence-corrected chi connectivity index (χ0v) is 27.4. The molecule has 0 aliphatic carbocycles. The number of benzene rings is 2. The van der Waals surface area contributed by atoms with Crippen molar-refractivity contribution in [2.24, 2.45) is 0 Å². The molecule has 0 bridgehead atoms. The number of anilines is 1. The van der Waals surface area contributed by atoms with Crippen LogP contribution in [0.15, 0.2) is 41.3 Å². The maximum atomic E-state index is 16.1. The van der Waals surface area contributed by atoms with Crippen LogP contribution >= 0.6 is 0 Å². The predicted octanol–water partition coefficient (Wildman–Crippen LogP) is 5.08. The van der Waals surface area contributed by atoms with Crippen LogP contribution in [0, 0.1) is 5.82 Å². The van der Waals surface area contributed by atoms with Crippen molar-refractivity contribution in [3.63, 3.8) is 0 Å². The van der Waals surface area contributed by atoms with Crippen molar-refractivity contribution < 1.29 is 33.0 Å². The first-order chi connectivity index (χ1) is 22.1. The van der Waals surface area contributed by atoms with Gasteiger partial charge in [0.25, 0.3) is 5.91 Å². The van der Waals surface area contributed by atoms with E-state index in [1.807, 2.05) is 6.07 Å². The molecule has 3 amide bonds. The summed E-state index contributed by atoms with van der Waals surface area (Å²) in [5.41, 5.74) is -0.956. The minimum atomic E-state index is -0.680. The highest BCUT2D eigenvalue weighted by molar-refractivity contribution is 6.01. The molecule has 3 aliphatic heterocycles. The van der Waals surface area contributed by atoms with E-state index in [2.05, 4.69) is 10.6 Å². The van der Waals surface area contributed by atoms with Crippen LogP contribution in [0.5, 0.6) is 11.5 Å². The summed E-state index contributed by atoms with van der Waals surface area (Å²) < 4.78 is 34.9. The summed E-state index contributed by atoms with van der Waals surface area (Å²) in [6.07, 6.45) is 1.40. The average molecular weight is 650 g/mol. The zero-order valence-electron chi connectivity index (χ0n) is 27.4. The maximum absolute atomic E-state index is 16.1. The summed E-state index contributed by atoms with van der Waals surface area (Å²) in [6, 6.07) is 7.66. The Morgan fingerprint density at radius 2 is 1.53 bits per heavy atom. The molecule has 2 aromatic carbocycles. The van der Waals surface area contributed by atoms with Crippen LogP contribution in [-0.4, -0.2) is 77.0 Å². The molecule has 1 aromatic heterocycles. The molecule has 2 atom stereocenters. The first-order valence-corrected chi connectivity index (χ1v) is 15.8. The number of pyridine rings is 1. The predicted molar refractivity (Wildman–Crippen MR) is 173 cm³/mol. The van der Waals surface area contributed by atoms with Crippen LogP contribution in [0.4, 0.5) is 19.7 Å². The number of rotatable bonds is 4. The molecule has 4 heterocycles. The van der Waals surface area contributed by atoms with Crippen molar-refractivity contribution in [1.29, 1.82) is 0 Å². The molecule has 250 valence electrons. The molecule has 2 N–H and O–H groups in total. The van der Waals surface area contributed by atoms with Crippen molar-refractivity contribution in [2.45, 2.75) is 77.7 Å². The number of hydrogen-bond acceptors (Lipinski definition) is 8. The molecule has 0 saturated carbocycles. The minimum absolute atomic E-state index is 0.00635. The molecule has 12 nitrogen and oxygen atoms in total. The van der Waals surface area contributed by atoms with E-state index in [-0.39, 0.29) is 41.0 Å². The first kappa shape index (κ1) is 32.1. The van der Waals surface area contributed by atoms with Crippen molar-refractivity contribution in [2.75, 3.05) is 31.1 Å². The Bertz CT molecular complexity index is 1830. The number of nitrogens with zero attached hydrogens (tertiary/aromatic N) is 3. The largest absolute Gasteiger partial charge is 0.451 e. The van der Waals surface area contributed by atoms with Crippen molar-refractivity contribution in [3.05, 3.63) is 58.1 Å². The number of aromatic nitrogens is 1. The third-order valence-corrected chi connectivity index (χ3v) is 8.16. The van der Waals surface area contributed by atoms with Gasteiger partial charge >= 0.3 is 12.2 Å². The Balaban J connectivity index is 1.33. The Morgan fingerprint density at radius 1 is 0.915 bits per heavy atom. The highest BCUT2D eigenvalue weighted by Gasteiger charge is 2.36. The lowest BCUT2D eigenvalue weighted by molar-refractivity contribution is 0.0494. The molecule has 47 heavy (non-hydrogen) atoms. The lowest BCUT2D eigenvalue weighted by Crippen LogP contribution is -2.41. The van der Waals surface area contributed by atoms with E-state index >= 15 is 4.39 Å². The van der Waals surface area contributed by atoms with Gasteiger partial charge in [0.15, 0.2) is 17.3 Å². The minimum Gasteiger partial charge on any atom is -0.451 e. The van der Waals surface area contributed by atoms with E-state index in [0.717, 1.165) is 6.07 Å². The summed E-state index contributed by atoms with van der Waals surface area (Å²) in [6.45, 7) is 11.9. The van der Waals surface area contributed by atoms with E-state index in [4.69, 9.17) is 14.2 Å². The Hall–Kier alpha value is -4.81. The molecule has 3 aromatic rings. The molecular formula is C34H40FN5O7. The molecule has 2 saturated heterocycles. The standard InChI is InChI=1S/C34H40FN5O7/c1-33(2,3)46-31(43)36-19-11-13-38(16-19)27-23(35)15-21-26-29(27)45-25-10-8-7-9-24(25)40(26)18-22(28(21)41)30(42)39-14-12-20(17-39)37-32(44)47-34(4,5)6/h7-10,15,18-20H,11-14,16-17H2,1-6H3,(H,36,43)(H,37,44). The third kappa shape index (κ3) is 6.56. The number of carbonyl (C=O) groups is 3. The second-order valence-electron chi connectivity index (χ2n) is 14.2. The fraction of sp³-hybridized carbons (Fsp3) is 0.471. The van der Waals surface area contributed by atoms with Crippen molar-refractivity contribution >= 4 is 34.7 Å². The quantitative estimate of drug-likeness (QED) is 0.313. The fourth-order valence-electron chi connectivity index (χ4n) is 6.26. The summed E-state index contributed by atoms with van der Waals surface area (Å²) in [5, 5.41) is 5.65. The van der Waals surface area contributed by atoms with Gasteiger partial charge in [-0.15, -0.1) is 0 Å². The van der Waals surface area contributed by atoms with Gasteiger partial charge in [-0.25, -0.2) is 14.0 Å². The fourth-order valence-corrected chi connectivity index (χ4v) is 6.26. The third-order valence-electron chi connectivity index (χ3n) is 8.16. The highest BCUT2D eigenvalue weighted by atomic mass is 19.1. The van der Waals surface area contributed by atoms with E-state index < -0.39 is 40.5 Å². The van der Waals surface area contributed by atoms with E-state index in [0.29, 0.717) is 49.4 Å². The molecular weight excluding hydrogens is 609 g/mol. The van der Waals surface area contributed by atoms with Gasteiger partial charge in [-0.1, -0.05) is 12.1 Å². The maximum Gasteiger partial charge on any atom is 0.407 e. The number of nitrogens with one attached hydrogen (secondary N) is 2. The number of amides is 3. The second kappa shape index (κ2) is 11.8. The summed E-state index contributed by atoms with van der Waals surface area (Å²) >= 11 is 0. The van der Waals surface area contributed by atoms with Gasteiger partial charge in [-0.2, -0.15) is 0 Å². The van der Waals surface area contributed by atoms with Gasteiger partial charge in [0.05, 0.1) is 23.2 Å². The number of carbonyl (C=O) groups excluding carboxylic acids is 3. The monoisotopic (exact) mass is 649 g/mol. The van der Waals surface area contributed by atoms with Crippen molar-refractivity contribution in [1.82, 2.24) is 20.1 Å². The van der Waals surface area contributed by atoms with Gasteiger partial charge < -0.3 is 39.2 Å². The van der Waals surface area contributed by atoms with Gasteiger partial charge in [-0.3, -0.25) is 9.59 Å². The van der Waals surface area contributed by atoms with E-state index in [9.17, 15) is 19.2 Å². The Kier molecular flexibility index (Phi) is 8.05. The lowest BCUT2D eigenvalue weighted by atomic mass is 10.1. The zero-order chi connectivity index (χ0) is 33.8. The smallest absolute Gasteiger partial charge is 0.407 e. The molecule has 13 heteroatoms. The number of alkyl carbamates (subject to hydrolysis) is 2. The SMILES string of the molecule is CC(C)(C)OC(=O)NC1CCN(C(=O)c2cn3c4c(c(N5CCC(NC(=O)OC(C)(C)C)C5)c(F)cc4c2=O)Oc2ccccc2-3)C1. The van der Waals surface area contributed by atoms with Gasteiger partial charge in [0, 0.05) is 32.4 Å². The number of halogens is 1. The van der Waals surface area contributed by atoms with Crippen LogP contribution in [0.1, 0.15) is 64.7 Å². The number of likely N-dealkylation sites (tertiary alicyclic amines) is 1. The molecule has 0 radical (unpaired) electrons. The van der Waals surface area contributed by atoms with Gasteiger partial charge in [0.1, 0.15) is 28.0 Å². The Morgan fingerprint density at radius 3 is 2.19 bits per heavy atom. The van der Waals surface area contributed by atoms with E-state index in [1.165, 1.54) is 11.1 Å². The summed E-state index contributed by atoms with van der Waals surface area (Å²) in [5.74, 6) is -0.600. The molecule has 0 spiro atoms. The number of para-hydroxylation sites is 2. The highest BCUT2D eigenvalue weighted by Crippen LogP contribution is 2.47. The van der Waals surface area contributed by atoms with Crippen LogP contribution in [-0.2, 0) is 9.47 Å². The molecule has 3 aliphatic rings. The van der Waals surface area contributed by atoms with Gasteiger partial charge in [0.2, 0.25) is 5.43 Å². The van der Waals surface area contributed by atoms with Crippen LogP contribution in [0.25, 0.3) is 16.6 Å². The average Bonchev–Trinajstić information content (AvgIpc) is 3.61. The van der Waals surface area contributed by atoms with Gasteiger partial charge in [-0.05, 0) is 72.6 Å². The van der Waals surface area contributed by atoms with Crippen LogP contribution in [0.2, 0.25) is 0 Å². The Labute approximate surface area is 271 Å². The first-order valence-electron chi connectivity index (χ1n) is 15.8. The van der Waals surface area contributed by atoms with E-state index in [1.54, 1.807) is 69.2 Å². The summed E-state index contributed by atoms with van der Waals surface area (Å²) in [7, 11) is 0. The molecule has 2 fully saturated rings. The second-order valence-corrected chi connectivity index (χ2v) is 14.2. The summed E-state index contributed by atoms with van der Waals surface area (Å²) in [4.78, 5) is 55.7. The number of hydrogen-bond donors (Lipinski definition) is 2. The molecule has 2 unspecified atom stereocenters. The van der Waals surface area contributed by atoms with Crippen LogP contribution in [0.3, 0.4) is 0 Å². The topological polar surface area (TPSA) is 131 Å². The normalized spacial score (nSPS) is 18.9.